The van der Waals surface area contributed by atoms with Gasteiger partial charge in [-0.3, -0.25) is 14.4 Å². The van der Waals surface area contributed by atoms with Crippen LogP contribution in [0.1, 0.15) is 13.3 Å². The molecule has 7 heteroatoms. The van der Waals surface area contributed by atoms with Crippen LogP contribution in [-0.2, 0) is 9.59 Å². The standard InChI is InChI=1S/C8H12N2O4S/c1-4(2-6(11)12)9-7(13)5-3-15-8(14)10-5/h4-5H,2-3H2,1H3,(H,9,13)(H,10,14)(H,11,12). The first-order valence-corrected chi connectivity index (χ1v) is 5.43. The van der Waals surface area contributed by atoms with Gasteiger partial charge in [-0.05, 0) is 6.92 Å². The molecule has 1 heterocycles. The van der Waals surface area contributed by atoms with Crippen LogP contribution in [0.5, 0.6) is 0 Å². The van der Waals surface area contributed by atoms with Gasteiger partial charge in [0.15, 0.2) is 0 Å². The molecule has 1 saturated heterocycles. The summed E-state index contributed by atoms with van der Waals surface area (Å²) >= 11 is 1.05. The highest BCUT2D eigenvalue weighted by Crippen LogP contribution is 2.12. The predicted molar refractivity (Wildman–Crippen MR) is 54.6 cm³/mol. The third kappa shape index (κ3) is 3.78. The zero-order chi connectivity index (χ0) is 11.4. The van der Waals surface area contributed by atoms with E-state index in [0.29, 0.717) is 5.75 Å². The molecule has 1 fully saturated rings. The Bertz CT molecular complexity index is 294. The van der Waals surface area contributed by atoms with Gasteiger partial charge >= 0.3 is 5.97 Å². The first-order chi connectivity index (χ1) is 6.99. The fourth-order valence-corrected chi connectivity index (χ4v) is 1.96. The summed E-state index contributed by atoms with van der Waals surface area (Å²) in [5, 5.41) is 13.3. The van der Waals surface area contributed by atoms with Crippen LogP contribution >= 0.6 is 11.8 Å². The normalized spacial score (nSPS) is 21.9. The van der Waals surface area contributed by atoms with E-state index in [1.165, 1.54) is 0 Å². The molecule has 0 aromatic carbocycles. The number of rotatable bonds is 4. The van der Waals surface area contributed by atoms with Crippen molar-refractivity contribution < 1.29 is 19.5 Å². The molecule has 0 saturated carbocycles. The quantitative estimate of drug-likeness (QED) is 0.623. The van der Waals surface area contributed by atoms with Gasteiger partial charge in [0, 0.05) is 11.8 Å². The van der Waals surface area contributed by atoms with Crippen molar-refractivity contribution >= 4 is 28.9 Å². The van der Waals surface area contributed by atoms with Crippen molar-refractivity contribution in [1.82, 2.24) is 10.6 Å². The van der Waals surface area contributed by atoms with Crippen LogP contribution in [-0.4, -0.2) is 40.1 Å². The average molecular weight is 232 g/mol. The molecule has 0 aliphatic carbocycles. The molecule has 0 aromatic rings. The molecule has 0 radical (unpaired) electrons. The molecule has 1 rings (SSSR count). The maximum Gasteiger partial charge on any atom is 0.305 e. The second-order valence-corrected chi connectivity index (χ2v) is 4.30. The molecular formula is C8H12N2O4S. The zero-order valence-corrected chi connectivity index (χ0v) is 8.97. The highest BCUT2D eigenvalue weighted by Gasteiger charge is 2.28. The number of carbonyl (C=O) groups is 3. The van der Waals surface area contributed by atoms with Gasteiger partial charge in [-0.15, -0.1) is 0 Å². The number of hydrogen-bond donors (Lipinski definition) is 3. The molecule has 2 unspecified atom stereocenters. The molecule has 3 N–H and O–H groups in total. The van der Waals surface area contributed by atoms with Gasteiger partial charge in [-0.25, -0.2) is 0 Å². The largest absolute Gasteiger partial charge is 0.481 e. The lowest BCUT2D eigenvalue weighted by Gasteiger charge is -2.14. The van der Waals surface area contributed by atoms with E-state index >= 15 is 0 Å². The summed E-state index contributed by atoms with van der Waals surface area (Å²) < 4.78 is 0. The van der Waals surface area contributed by atoms with Crippen LogP contribution in [0.4, 0.5) is 4.79 Å². The van der Waals surface area contributed by atoms with Gasteiger partial charge in [-0.1, -0.05) is 11.8 Å². The monoisotopic (exact) mass is 232 g/mol. The number of hydrogen-bond acceptors (Lipinski definition) is 4. The molecule has 0 aromatic heterocycles. The second kappa shape index (κ2) is 5.01. The van der Waals surface area contributed by atoms with E-state index in [2.05, 4.69) is 10.6 Å². The van der Waals surface area contributed by atoms with Crippen LogP contribution in [0.15, 0.2) is 0 Å². The van der Waals surface area contributed by atoms with E-state index in [-0.39, 0.29) is 17.6 Å². The van der Waals surface area contributed by atoms with Crippen molar-refractivity contribution in [3.63, 3.8) is 0 Å². The summed E-state index contributed by atoms with van der Waals surface area (Å²) in [5.41, 5.74) is 0. The van der Waals surface area contributed by atoms with Gasteiger partial charge in [-0.2, -0.15) is 0 Å². The first kappa shape index (κ1) is 11.8. The lowest BCUT2D eigenvalue weighted by Crippen LogP contribution is -2.46. The minimum atomic E-state index is -0.965. The van der Waals surface area contributed by atoms with E-state index in [0.717, 1.165) is 11.8 Å². The Kier molecular flexibility index (Phi) is 3.96. The number of nitrogens with one attached hydrogen (secondary N) is 2. The molecule has 0 bridgehead atoms. The van der Waals surface area contributed by atoms with E-state index in [1.54, 1.807) is 6.92 Å². The second-order valence-electron chi connectivity index (χ2n) is 3.30. The van der Waals surface area contributed by atoms with Gasteiger partial charge in [0.2, 0.25) is 5.91 Å². The van der Waals surface area contributed by atoms with Crippen molar-refractivity contribution in [2.24, 2.45) is 0 Å². The van der Waals surface area contributed by atoms with Crippen LogP contribution in [0, 0.1) is 0 Å². The van der Waals surface area contributed by atoms with E-state index in [1.807, 2.05) is 0 Å². The predicted octanol–water partition coefficient (Wildman–Crippen LogP) is -0.209. The highest BCUT2D eigenvalue weighted by molar-refractivity contribution is 8.14. The van der Waals surface area contributed by atoms with Crippen molar-refractivity contribution in [3.8, 4) is 0 Å². The lowest BCUT2D eigenvalue weighted by molar-refractivity contribution is -0.137. The van der Waals surface area contributed by atoms with E-state index in [4.69, 9.17) is 5.11 Å². The smallest absolute Gasteiger partial charge is 0.305 e. The summed E-state index contributed by atoms with van der Waals surface area (Å²) in [6, 6.07) is -0.976. The van der Waals surface area contributed by atoms with Crippen molar-refractivity contribution in [1.29, 1.82) is 0 Å². The minimum Gasteiger partial charge on any atom is -0.481 e. The summed E-state index contributed by atoms with van der Waals surface area (Å²) in [6.45, 7) is 1.61. The molecule has 2 atom stereocenters. The SMILES string of the molecule is CC(CC(=O)O)NC(=O)C1CSC(=O)N1. The minimum absolute atomic E-state index is 0.125. The fourth-order valence-electron chi connectivity index (χ4n) is 1.18. The van der Waals surface area contributed by atoms with Crippen LogP contribution in [0.2, 0.25) is 0 Å². The van der Waals surface area contributed by atoms with Crippen molar-refractivity contribution in [2.45, 2.75) is 25.4 Å². The molecule has 84 valence electrons. The van der Waals surface area contributed by atoms with E-state index < -0.39 is 18.1 Å². The number of amides is 2. The Morgan fingerprint density at radius 1 is 1.73 bits per heavy atom. The molecule has 15 heavy (non-hydrogen) atoms. The topological polar surface area (TPSA) is 95.5 Å². The summed E-state index contributed by atoms with van der Waals surface area (Å²) in [6.07, 6.45) is -0.125. The van der Waals surface area contributed by atoms with E-state index in [9.17, 15) is 14.4 Å². The summed E-state index contributed by atoms with van der Waals surface area (Å²) in [7, 11) is 0. The van der Waals surface area contributed by atoms with Gasteiger partial charge in [0.1, 0.15) is 6.04 Å². The Labute approximate surface area is 90.8 Å². The molecule has 1 aliphatic heterocycles. The first-order valence-electron chi connectivity index (χ1n) is 4.44. The number of carboxylic acids is 1. The van der Waals surface area contributed by atoms with Crippen LogP contribution in [0.3, 0.4) is 0 Å². The Morgan fingerprint density at radius 3 is 2.87 bits per heavy atom. The van der Waals surface area contributed by atoms with Crippen LogP contribution < -0.4 is 10.6 Å². The zero-order valence-electron chi connectivity index (χ0n) is 8.15. The van der Waals surface area contributed by atoms with Gasteiger partial charge in [0.05, 0.1) is 6.42 Å². The lowest BCUT2D eigenvalue weighted by atomic mass is 10.2. The summed E-state index contributed by atoms with van der Waals surface area (Å²) in [5.74, 6) is -0.903. The van der Waals surface area contributed by atoms with Crippen molar-refractivity contribution in [2.75, 3.05) is 5.75 Å². The third-order valence-corrected chi connectivity index (χ3v) is 2.74. The molecule has 6 nitrogen and oxygen atoms in total. The molecular weight excluding hydrogens is 220 g/mol. The van der Waals surface area contributed by atoms with Crippen molar-refractivity contribution in [3.05, 3.63) is 0 Å². The average Bonchev–Trinajstić information content (AvgIpc) is 2.49. The number of thioether (sulfide) groups is 1. The number of aliphatic carboxylic acids is 1. The third-order valence-electron chi connectivity index (χ3n) is 1.86. The van der Waals surface area contributed by atoms with Gasteiger partial charge < -0.3 is 15.7 Å². The Balaban J connectivity index is 2.35. The molecule has 1 aliphatic rings. The summed E-state index contributed by atoms with van der Waals surface area (Å²) in [4.78, 5) is 32.6. The van der Waals surface area contributed by atoms with Gasteiger partial charge in [0.25, 0.3) is 5.24 Å². The fraction of sp³-hybridized carbons (Fsp3) is 0.625. The number of carboxylic acid groups (broad SMARTS) is 1. The Hall–Kier alpha value is -1.24. The highest BCUT2D eigenvalue weighted by atomic mass is 32.2. The van der Waals surface area contributed by atoms with Crippen LogP contribution in [0.25, 0.3) is 0 Å². The molecule has 2 amide bonds. The maximum atomic E-state index is 11.5. The Morgan fingerprint density at radius 2 is 2.40 bits per heavy atom. The number of carbonyl (C=O) groups excluding carboxylic acids is 2. The maximum absolute atomic E-state index is 11.5. The molecule has 0 spiro atoms.